The van der Waals surface area contributed by atoms with E-state index in [4.69, 9.17) is 9.73 Å². The molecule has 0 radical (unpaired) electrons. The molecule has 0 aromatic heterocycles. The molecule has 0 bridgehead atoms. The normalized spacial score (nSPS) is 28.9. The number of carbonyl (C=O) groups is 1. The highest BCUT2D eigenvalue weighted by molar-refractivity contribution is 9.10. The Hall–Kier alpha value is -1.53. The highest BCUT2D eigenvalue weighted by Crippen LogP contribution is 2.34. The molecule has 1 N–H and O–H groups in total. The predicted molar refractivity (Wildman–Crippen MR) is 107 cm³/mol. The zero-order chi connectivity index (χ0) is 19.6. The number of aliphatic hydroxyl groups excluding tert-OH is 1. The van der Waals surface area contributed by atoms with E-state index in [2.05, 4.69) is 22.9 Å². The number of ether oxygens (including phenoxy) is 1. The number of nitrogens with zero attached hydrogens (tertiary/aromatic N) is 1. The van der Waals surface area contributed by atoms with Crippen molar-refractivity contribution in [2.45, 2.75) is 64.0 Å². The number of hydrogen-bond acceptors (Lipinski definition) is 4. The molecule has 0 heterocycles. The average molecular weight is 438 g/mol. The lowest BCUT2D eigenvalue weighted by Crippen LogP contribution is -2.22. The van der Waals surface area contributed by atoms with Gasteiger partial charge in [-0.1, -0.05) is 13.0 Å². The molecule has 146 valence electrons. The quantitative estimate of drug-likeness (QED) is 0.698. The topological polar surface area (TPSA) is 58.9 Å². The van der Waals surface area contributed by atoms with Crippen molar-refractivity contribution in [3.63, 3.8) is 0 Å². The SMILES string of the molecule is CCOC(=O)/C1=C/CCC(C)c2cc(F)c(Br)cc2C1=NC1CCC(O)C1. The van der Waals surface area contributed by atoms with Gasteiger partial charge >= 0.3 is 5.97 Å². The monoisotopic (exact) mass is 437 g/mol. The highest BCUT2D eigenvalue weighted by Gasteiger charge is 2.29. The number of hydrogen-bond donors (Lipinski definition) is 1. The van der Waals surface area contributed by atoms with Crippen molar-refractivity contribution >= 4 is 27.6 Å². The van der Waals surface area contributed by atoms with Crippen LogP contribution in [0.15, 0.2) is 33.2 Å². The van der Waals surface area contributed by atoms with Gasteiger partial charge in [-0.3, -0.25) is 4.99 Å². The predicted octanol–water partition coefficient (Wildman–Crippen LogP) is 4.68. The van der Waals surface area contributed by atoms with E-state index in [0.29, 0.717) is 35.0 Å². The van der Waals surface area contributed by atoms with E-state index in [1.54, 1.807) is 13.0 Å². The molecular formula is C21H25BrFNO3. The number of aliphatic hydroxyl groups is 1. The third-order valence-corrected chi connectivity index (χ3v) is 5.87. The van der Waals surface area contributed by atoms with E-state index in [0.717, 1.165) is 24.0 Å². The Morgan fingerprint density at radius 1 is 1.37 bits per heavy atom. The van der Waals surface area contributed by atoms with E-state index < -0.39 is 5.97 Å². The van der Waals surface area contributed by atoms with Gasteiger partial charge in [-0.05, 0) is 78.6 Å². The van der Waals surface area contributed by atoms with E-state index in [1.165, 1.54) is 6.07 Å². The van der Waals surface area contributed by atoms with E-state index in [-0.39, 0.29) is 30.5 Å². The first-order valence-corrected chi connectivity index (χ1v) is 10.3. The number of allylic oxidation sites excluding steroid dienone is 1. The first kappa shape index (κ1) is 20.2. The van der Waals surface area contributed by atoms with Crippen LogP contribution in [-0.2, 0) is 9.53 Å². The van der Waals surface area contributed by atoms with Gasteiger partial charge in [-0.15, -0.1) is 0 Å². The summed E-state index contributed by atoms with van der Waals surface area (Å²) >= 11 is 3.27. The molecular weight excluding hydrogens is 413 g/mol. The van der Waals surface area contributed by atoms with Crippen LogP contribution in [0.5, 0.6) is 0 Å². The Kier molecular flexibility index (Phi) is 6.48. The molecule has 27 heavy (non-hydrogen) atoms. The molecule has 0 spiro atoms. The van der Waals surface area contributed by atoms with Gasteiger partial charge in [0.15, 0.2) is 0 Å². The fraction of sp³-hybridized carbons (Fsp3) is 0.524. The van der Waals surface area contributed by atoms with Crippen LogP contribution in [-0.4, -0.2) is 35.5 Å². The summed E-state index contributed by atoms with van der Waals surface area (Å²) in [7, 11) is 0. The molecule has 1 aromatic rings. The Labute approximate surface area is 167 Å². The van der Waals surface area contributed by atoms with Crippen LogP contribution in [0.1, 0.15) is 63.0 Å². The molecule has 2 aliphatic carbocycles. The maximum absolute atomic E-state index is 14.2. The summed E-state index contributed by atoms with van der Waals surface area (Å²) in [4.78, 5) is 17.5. The van der Waals surface area contributed by atoms with Crippen molar-refractivity contribution in [1.82, 2.24) is 0 Å². The highest BCUT2D eigenvalue weighted by atomic mass is 79.9. The molecule has 6 heteroatoms. The lowest BCUT2D eigenvalue weighted by Gasteiger charge is -2.23. The molecule has 3 rings (SSSR count). The number of carbonyl (C=O) groups excluding carboxylic acids is 1. The minimum atomic E-state index is -0.407. The average Bonchev–Trinajstić information content (AvgIpc) is 3.03. The molecule has 1 saturated carbocycles. The third-order valence-electron chi connectivity index (χ3n) is 5.27. The number of esters is 1. The molecule has 0 amide bonds. The van der Waals surface area contributed by atoms with Crippen molar-refractivity contribution in [3.8, 4) is 0 Å². The smallest absolute Gasteiger partial charge is 0.339 e. The second kappa shape index (κ2) is 8.65. The van der Waals surface area contributed by atoms with Crippen molar-refractivity contribution in [3.05, 3.63) is 45.2 Å². The summed E-state index contributed by atoms with van der Waals surface area (Å²) in [5.74, 6) is -0.587. The number of benzene rings is 1. The van der Waals surface area contributed by atoms with Gasteiger partial charge in [-0.2, -0.15) is 0 Å². The lowest BCUT2D eigenvalue weighted by molar-refractivity contribution is -0.137. The maximum Gasteiger partial charge on any atom is 0.339 e. The lowest BCUT2D eigenvalue weighted by atomic mass is 9.85. The first-order chi connectivity index (χ1) is 12.9. The molecule has 1 aromatic carbocycles. The van der Waals surface area contributed by atoms with Crippen LogP contribution in [0.3, 0.4) is 0 Å². The van der Waals surface area contributed by atoms with Crippen LogP contribution in [0.4, 0.5) is 4.39 Å². The van der Waals surface area contributed by atoms with Gasteiger partial charge in [0.2, 0.25) is 0 Å². The van der Waals surface area contributed by atoms with Gasteiger partial charge < -0.3 is 9.84 Å². The largest absolute Gasteiger partial charge is 0.462 e. The number of halogens is 2. The summed E-state index contributed by atoms with van der Waals surface area (Å²) in [6.45, 7) is 4.11. The standard InChI is InChI=1S/C21H25BrFNO3/c1-3-27-21(26)15-6-4-5-12(2)16-11-19(23)18(22)10-17(16)20(15)24-13-7-8-14(25)9-13/h6,10-14,25H,3-5,7-9H2,1-2H3/b15-6+,24-20?. The number of rotatable bonds is 3. The summed E-state index contributed by atoms with van der Waals surface area (Å²) in [6, 6.07) is 3.19. The molecule has 4 nitrogen and oxygen atoms in total. The second-order valence-corrected chi connectivity index (χ2v) is 8.12. The molecule has 2 aliphatic rings. The van der Waals surface area contributed by atoms with Gasteiger partial charge in [0.25, 0.3) is 0 Å². The van der Waals surface area contributed by atoms with E-state index >= 15 is 0 Å². The summed E-state index contributed by atoms with van der Waals surface area (Å²) < 4.78 is 19.9. The Balaban J connectivity index is 2.16. The summed E-state index contributed by atoms with van der Waals surface area (Å²) in [5.41, 5.74) is 2.60. The fourth-order valence-corrected chi connectivity index (χ4v) is 4.16. The molecule has 0 aliphatic heterocycles. The number of fused-ring (bicyclic) bond motifs is 1. The van der Waals surface area contributed by atoms with Crippen LogP contribution in [0.2, 0.25) is 0 Å². The zero-order valence-electron chi connectivity index (χ0n) is 15.7. The van der Waals surface area contributed by atoms with Gasteiger partial charge in [0.05, 0.1) is 34.5 Å². The Morgan fingerprint density at radius 2 is 2.15 bits per heavy atom. The molecule has 1 fully saturated rings. The van der Waals surface area contributed by atoms with E-state index in [9.17, 15) is 14.3 Å². The number of aliphatic imine (C=N–C) groups is 1. The van der Waals surface area contributed by atoms with Crippen LogP contribution in [0.25, 0.3) is 0 Å². The van der Waals surface area contributed by atoms with Gasteiger partial charge in [-0.25, -0.2) is 9.18 Å². The van der Waals surface area contributed by atoms with Crippen molar-refractivity contribution < 1.29 is 19.0 Å². The van der Waals surface area contributed by atoms with Crippen molar-refractivity contribution in [2.75, 3.05) is 6.61 Å². The van der Waals surface area contributed by atoms with Gasteiger partial charge in [0, 0.05) is 5.56 Å². The minimum absolute atomic E-state index is 0.0563. The summed E-state index contributed by atoms with van der Waals surface area (Å²) in [6.07, 6.45) is 5.09. The van der Waals surface area contributed by atoms with Crippen LogP contribution in [0, 0.1) is 5.82 Å². The fourth-order valence-electron chi connectivity index (χ4n) is 3.81. The van der Waals surface area contributed by atoms with Crippen LogP contribution < -0.4 is 0 Å². The molecule has 0 saturated heterocycles. The molecule has 3 atom stereocenters. The first-order valence-electron chi connectivity index (χ1n) is 9.53. The third kappa shape index (κ3) is 4.49. The molecule has 3 unspecified atom stereocenters. The van der Waals surface area contributed by atoms with Crippen molar-refractivity contribution in [2.24, 2.45) is 4.99 Å². The van der Waals surface area contributed by atoms with Crippen LogP contribution >= 0.6 is 15.9 Å². The van der Waals surface area contributed by atoms with Crippen molar-refractivity contribution in [1.29, 1.82) is 0 Å². The second-order valence-electron chi connectivity index (χ2n) is 7.27. The Bertz CT molecular complexity index is 790. The van der Waals surface area contributed by atoms with Gasteiger partial charge in [0.1, 0.15) is 5.82 Å². The minimum Gasteiger partial charge on any atom is -0.462 e. The van der Waals surface area contributed by atoms with E-state index in [1.807, 2.05) is 6.08 Å². The maximum atomic E-state index is 14.2. The zero-order valence-corrected chi connectivity index (χ0v) is 17.3. The Morgan fingerprint density at radius 3 is 2.81 bits per heavy atom. The summed E-state index contributed by atoms with van der Waals surface area (Å²) in [5, 5.41) is 9.87.